The number of thiophene rings is 2. The molecule has 0 saturated carbocycles. The van der Waals surface area contributed by atoms with Crippen LogP contribution in [-0.2, 0) is 6.42 Å². The van der Waals surface area contributed by atoms with Crippen molar-refractivity contribution in [2.24, 2.45) is 0 Å². The van der Waals surface area contributed by atoms with Crippen LogP contribution < -0.4 is 5.32 Å². The van der Waals surface area contributed by atoms with Gasteiger partial charge < -0.3 is 10.2 Å². The summed E-state index contributed by atoms with van der Waals surface area (Å²) in [4.78, 5) is 29.2. The van der Waals surface area contributed by atoms with Crippen molar-refractivity contribution >= 4 is 40.2 Å². The Kier molecular flexibility index (Phi) is 4.61. The van der Waals surface area contributed by atoms with Crippen LogP contribution in [0, 0.1) is 0 Å². The number of carbonyl (C=O) groups excluding carboxylic acids is 2. The summed E-state index contributed by atoms with van der Waals surface area (Å²) in [6.45, 7) is 2.80. The molecule has 3 heterocycles. The molecule has 6 heteroatoms. The fraction of sp³-hybridized carbons (Fsp3) is 0.200. The lowest BCUT2D eigenvalue weighted by molar-refractivity contribution is 0.0679. The van der Waals surface area contributed by atoms with Crippen LogP contribution in [0.2, 0.25) is 0 Å². The Hall–Kier alpha value is -2.44. The largest absolute Gasteiger partial charge is 0.331 e. The molecular weight excluding hydrogens is 364 g/mol. The van der Waals surface area contributed by atoms with Crippen molar-refractivity contribution in [3.8, 4) is 0 Å². The van der Waals surface area contributed by atoms with E-state index in [0.717, 1.165) is 13.0 Å². The lowest BCUT2D eigenvalue weighted by atomic mass is 10.00. The van der Waals surface area contributed by atoms with E-state index in [2.05, 4.69) is 23.7 Å². The van der Waals surface area contributed by atoms with Crippen LogP contribution in [0.4, 0.5) is 5.69 Å². The average molecular weight is 383 g/mol. The zero-order valence-electron chi connectivity index (χ0n) is 14.3. The fourth-order valence-corrected chi connectivity index (χ4v) is 4.86. The van der Waals surface area contributed by atoms with E-state index in [9.17, 15) is 9.59 Å². The van der Waals surface area contributed by atoms with Gasteiger partial charge in [0.1, 0.15) is 0 Å². The number of anilines is 1. The van der Waals surface area contributed by atoms with E-state index in [4.69, 9.17) is 0 Å². The Bertz CT molecular complexity index is 946. The molecule has 1 N–H and O–H groups in total. The topological polar surface area (TPSA) is 49.4 Å². The maximum atomic E-state index is 13.0. The number of benzene rings is 1. The second-order valence-corrected chi connectivity index (χ2v) is 8.18. The minimum atomic E-state index is -0.154. The van der Waals surface area contributed by atoms with E-state index in [1.807, 2.05) is 22.4 Å². The van der Waals surface area contributed by atoms with E-state index < -0.39 is 0 Å². The highest BCUT2D eigenvalue weighted by molar-refractivity contribution is 7.12. The van der Waals surface area contributed by atoms with Crippen molar-refractivity contribution in [1.82, 2.24) is 4.90 Å². The molecule has 0 spiro atoms. The molecule has 3 aromatic rings. The van der Waals surface area contributed by atoms with Gasteiger partial charge in [-0.15, -0.1) is 22.7 Å². The molecule has 4 rings (SSSR count). The van der Waals surface area contributed by atoms with Gasteiger partial charge in [-0.05, 0) is 60.0 Å². The van der Waals surface area contributed by atoms with Gasteiger partial charge in [-0.25, -0.2) is 0 Å². The first kappa shape index (κ1) is 17.0. The molecule has 2 aromatic heterocycles. The molecule has 1 aliphatic heterocycles. The van der Waals surface area contributed by atoms with Gasteiger partial charge >= 0.3 is 0 Å². The van der Waals surface area contributed by atoms with Gasteiger partial charge in [0.15, 0.2) is 0 Å². The van der Waals surface area contributed by atoms with Crippen LogP contribution in [0.5, 0.6) is 0 Å². The number of fused-ring (bicyclic) bond motifs is 1. The highest BCUT2D eigenvalue weighted by Crippen LogP contribution is 2.33. The number of carbonyl (C=O) groups is 2. The first-order valence-electron chi connectivity index (χ1n) is 8.45. The van der Waals surface area contributed by atoms with Gasteiger partial charge in [0, 0.05) is 22.7 Å². The number of rotatable bonds is 3. The quantitative estimate of drug-likeness (QED) is 0.706. The number of nitrogens with one attached hydrogen (secondary N) is 1. The van der Waals surface area contributed by atoms with E-state index in [-0.39, 0.29) is 17.9 Å². The second-order valence-electron chi connectivity index (χ2n) is 6.24. The first-order valence-corrected chi connectivity index (χ1v) is 10.2. The smallest absolute Gasteiger partial charge is 0.265 e. The zero-order chi connectivity index (χ0) is 18.1. The second kappa shape index (κ2) is 7.05. The van der Waals surface area contributed by atoms with Crippen LogP contribution in [-0.4, -0.2) is 23.3 Å². The van der Waals surface area contributed by atoms with E-state index in [1.54, 1.807) is 35.6 Å². The molecule has 1 unspecified atom stereocenters. The fourth-order valence-electron chi connectivity index (χ4n) is 3.28. The third-order valence-corrected chi connectivity index (χ3v) is 6.52. The molecule has 0 bridgehead atoms. The monoisotopic (exact) mass is 382 g/mol. The third-order valence-electron chi connectivity index (χ3n) is 4.65. The molecule has 1 atom stereocenters. The average Bonchev–Trinajstić information content (AvgIpc) is 3.34. The zero-order valence-corrected chi connectivity index (χ0v) is 15.9. The Morgan fingerprint density at radius 3 is 2.81 bits per heavy atom. The summed E-state index contributed by atoms with van der Waals surface area (Å²) in [5.41, 5.74) is 2.48. The summed E-state index contributed by atoms with van der Waals surface area (Å²) in [5, 5.41) is 6.83. The highest BCUT2D eigenvalue weighted by Gasteiger charge is 2.29. The van der Waals surface area contributed by atoms with E-state index in [1.165, 1.54) is 21.8 Å². The van der Waals surface area contributed by atoms with Crippen molar-refractivity contribution in [3.63, 3.8) is 0 Å². The van der Waals surface area contributed by atoms with Crippen LogP contribution in [0.15, 0.2) is 53.2 Å². The molecule has 0 aliphatic carbocycles. The van der Waals surface area contributed by atoms with Crippen LogP contribution in [0.25, 0.3) is 0 Å². The molecule has 0 fully saturated rings. The van der Waals surface area contributed by atoms with Crippen LogP contribution in [0.3, 0.4) is 0 Å². The standard InChI is InChI=1S/C20H18N2O2S2/c1-13-16-8-11-26-17(16)7-9-22(13)20(24)14-4-2-5-15(12-14)21-19(23)18-6-3-10-25-18/h2-6,8,10-13H,7,9H2,1H3,(H,21,23). The Balaban J connectivity index is 1.53. The summed E-state index contributed by atoms with van der Waals surface area (Å²) >= 11 is 3.15. The van der Waals surface area contributed by atoms with Crippen LogP contribution in [0.1, 0.15) is 43.4 Å². The van der Waals surface area contributed by atoms with Crippen molar-refractivity contribution in [2.45, 2.75) is 19.4 Å². The SMILES string of the molecule is CC1c2ccsc2CCN1C(=O)c1cccc(NC(=O)c2cccs2)c1. The molecular formula is C20H18N2O2S2. The molecule has 4 nitrogen and oxygen atoms in total. The van der Waals surface area contributed by atoms with Crippen molar-refractivity contribution < 1.29 is 9.59 Å². The van der Waals surface area contributed by atoms with Crippen molar-refractivity contribution in [3.05, 3.63) is 74.1 Å². The first-order chi connectivity index (χ1) is 12.6. The molecule has 132 valence electrons. The maximum absolute atomic E-state index is 13.0. The molecule has 26 heavy (non-hydrogen) atoms. The lowest BCUT2D eigenvalue weighted by Gasteiger charge is -2.33. The minimum Gasteiger partial charge on any atom is -0.331 e. The molecule has 1 aliphatic rings. The summed E-state index contributed by atoms with van der Waals surface area (Å²) in [6.07, 6.45) is 0.901. The molecule has 1 aromatic carbocycles. The Morgan fingerprint density at radius 2 is 2.00 bits per heavy atom. The minimum absolute atomic E-state index is 0.00146. The van der Waals surface area contributed by atoms with Crippen molar-refractivity contribution in [1.29, 1.82) is 0 Å². The van der Waals surface area contributed by atoms with Gasteiger partial charge in [-0.2, -0.15) is 0 Å². The summed E-state index contributed by atoms with van der Waals surface area (Å²) in [6, 6.07) is 13.0. The van der Waals surface area contributed by atoms with E-state index in [0.29, 0.717) is 16.1 Å². The Morgan fingerprint density at radius 1 is 1.12 bits per heavy atom. The van der Waals surface area contributed by atoms with Gasteiger partial charge in [-0.1, -0.05) is 12.1 Å². The molecule has 2 amide bonds. The number of hydrogen-bond acceptors (Lipinski definition) is 4. The molecule has 0 saturated heterocycles. The summed E-state index contributed by atoms with van der Waals surface area (Å²) in [7, 11) is 0. The van der Waals surface area contributed by atoms with Gasteiger partial charge in [0.2, 0.25) is 0 Å². The van der Waals surface area contributed by atoms with Gasteiger partial charge in [0.25, 0.3) is 11.8 Å². The highest BCUT2D eigenvalue weighted by atomic mass is 32.1. The van der Waals surface area contributed by atoms with Crippen LogP contribution >= 0.6 is 22.7 Å². The van der Waals surface area contributed by atoms with Gasteiger partial charge in [0.05, 0.1) is 10.9 Å². The Labute approximate surface area is 160 Å². The van der Waals surface area contributed by atoms with Crippen molar-refractivity contribution in [2.75, 3.05) is 11.9 Å². The maximum Gasteiger partial charge on any atom is 0.265 e. The van der Waals surface area contributed by atoms with Gasteiger partial charge in [-0.3, -0.25) is 9.59 Å². The van der Waals surface area contributed by atoms with E-state index >= 15 is 0 Å². The summed E-state index contributed by atoms with van der Waals surface area (Å²) < 4.78 is 0. The molecule has 0 radical (unpaired) electrons. The number of amides is 2. The normalized spacial score (nSPS) is 16.2. The predicted molar refractivity (Wildman–Crippen MR) is 106 cm³/mol. The predicted octanol–water partition coefficient (Wildman–Crippen LogP) is 4.82. The summed E-state index contributed by atoms with van der Waals surface area (Å²) in [5.74, 6) is -0.152. The number of nitrogens with zero attached hydrogens (tertiary/aromatic N) is 1. The lowest BCUT2D eigenvalue weighted by Crippen LogP contribution is -2.38. The number of hydrogen-bond donors (Lipinski definition) is 1. The third kappa shape index (κ3) is 3.18.